The minimum atomic E-state index is -0.213. The van der Waals surface area contributed by atoms with Gasteiger partial charge in [-0.2, -0.15) is 0 Å². The third kappa shape index (κ3) is 1.78. The van der Waals surface area contributed by atoms with E-state index in [0.29, 0.717) is 3.57 Å². The molecule has 0 amide bonds. The Balaban J connectivity index is 1.92. The summed E-state index contributed by atoms with van der Waals surface area (Å²) in [5.41, 5.74) is 4.63. The summed E-state index contributed by atoms with van der Waals surface area (Å²) in [5.74, 6) is -0.213. The first-order valence-corrected chi connectivity index (χ1v) is 7.35. The second kappa shape index (κ2) is 4.29. The fourth-order valence-corrected chi connectivity index (χ4v) is 3.31. The van der Waals surface area contributed by atoms with Crippen LogP contribution in [0.15, 0.2) is 18.5 Å². The molecule has 102 valence electrons. The van der Waals surface area contributed by atoms with E-state index in [1.54, 1.807) is 12.4 Å². The average Bonchev–Trinajstić information content (AvgIpc) is 3.10. The number of hydrogen-bond acceptors (Lipinski definition) is 3. The van der Waals surface area contributed by atoms with E-state index in [9.17, 15) is 4.39 Å². The molecule has 0 saturated carbocycles. The number of fused-ring (bicyclic) bond motifs is 2. The normalized spacial score (nSPS) is 25.1. The van der Waals surface area contributed by atoms with E-state index >= 15 is 0 Å². The molecule has 0 bridgehead atoms. The van der Waals surface area contributed by atoms with Crippen LogP contribution in [-0.2, 0) is 4.74 Å². The highest BCUT2D eigenvalue weighted by Gasteiger charge is 2.47. The molecule has 1 fully saturated rings. The summed E-state index contributed by atoms with van der Waals surface area (Å²) in [6.45, 7) is 1.96. The lowest BCUT2D eigenvalue weighted by Gasteiger charge is -2.19. The number of aryl methyl sites for hydroxylation is 1. The number of imidazole rings is 1. The smallest absolute Gasteiger partial charge is 0.159 e. The largest absolute Gasteiger partial charge is 0.357 e. The summed E-state index contributed by atoms with van der Waals surface area (Å²) < 4.78 is 20.1. The van der Waals surface area contributed by atoms with Crippen LogP contribution in [0.1, 0.15) is 17.0 Å². The summed E-state index contributed by atoms with van der Waals surface area (Å²) in [4.78, 5) is 7.33. The highest BCUT2D eigenvalue weighted by atomic mass is 127. The van der Waals surface area contributed by atoms with Crippen LogP contribution >= 0.6 is 22.6 Å². The van der Waals surface area contributed by atoms with Crippen LogP contribution in [-0.4, -0.2) is 22.3 Å². The second-order valence-electron chi connectivity index (χ2n) is 4.92. The van der Waals surface area contributed by atoms with Gasteiger partial charge in [-0.3, -0.25) is 0 Å². The van der Waals surface area contributed by atoms with Gasteiger partial charge in [0.2, 0.25) is 0 Å². The van der Waals surface area contributed by atoms with Crippen LogP contribution in [0.25, 0.3) is 11.6 Å². The van der Waals surface area contributed by atoms with Gasteiger partial charge in [0.05, 0.1) is 15.6 Å². The van der Waals surface area contributed by atoms with E-state index < -0.39 is 0 Å². The number of nitrogens with one attached hydrogen (secondary N) is 2. The molecule has 1 saturated heterocycles. The number of rotatable bonds is 1. The van der Waals surface area contributed by atoms with Crippen molar-refractivity contribution in [2.24, 2.45) is 0 Å². The average molecular weight is 383 g/mol. The van der Waals surface area contributed by atoms with Crippen molar-refractivity contribution >= 4 is 39.9 Å². The number of aromatic amines is 1. The minimum absolute atomic E-state index is 0.00532. The standard InChI is InChI=1S/C14H11FIN3O/c1-6-10(18-5-17-6)4-7-11-9(19-14-13(7)20-14)3-2-8(15)12(11)16/h2-5,13-14,19H,1H3,(H,17,18)/b7-4-. The number of ether oxygens (including phenoxy) is 1. The maximum Gasteiger partial charge on any atom is 0.159 e. The Morgan fingerprint density at radius 3 is 3.05 bits per heavy atom. The molecule has 6 heteroatoms. The number of halogens is 2. The lowest BCUT2D eigenvalue weighted by molar-refractivity contribution is 0.410. The second-order valence-corrected chi connectivity index (χ2v) is 6.00. The number of hydrogen-bond donors (Lipinski definition) is 2. The summed E-state index contributed by atoms with van der Waals surface area (Å²) in [6.07, 6.45) is 3.62. The predicted molar refractivity (Wildman–Crippen MR) is 82.6 cm³/mol. The van der Waals surface area contributed by atoms with Crippen LogP contribution < -0.4 is 5.32 Å². The van der Waals surface area contributed by atoms with Gasteiger partial charge in [0.15, 0.2) is 6.23 Å². The molecule has 2 aromatic rings. The molecule has 3 heterocycles. The molecule has 0 spiro atoms. The molecule has 20 heavy (non-hydrogen) atoms. The Kier molecular flexibility index (Phi) is 2.65. The summed E-state index contributed by atoms with van der Waals surface area (Å²) in [6, 6.07) is 3.24. The molecule has 2 unspecified atom stereocenters. The molecule has 2 N–H and O–H groups in total. The fraction of sp³-hybridized carbons (Fsp3) is 0.214. The molecule has 2 aliphatic rings. The zero-order chi connectivity index (χ0) is 13.9. The molecule has 0 radical (unpaired) electrons. The van der Waals surface area contributed by atoms with Crippen molar-refractivity contribution in [3.8, 4) is 0 Å². The lowest BCUT2D eigenvalue weighted by Crippen LogP contribution is -2.17. The summed E-state index contributed by atoms with van der Waals surface area (Å²) >= 11 is 2.04. The minimum Gasteiger partial charge on any atom is -0.357 e. The highest BCUT2D eigenvalue weighted by Crippen LogP contribution is 2.46. The van der Waals surface area contributed by atoms with Gasteiger partial charge in [0.25, 0.3) is 0 Å². The monoisotopic (exact) mass is 383 g/mol. The van der Waals surface area contributed by atoms with Crippen molar-refractivity contribution in [1.29, 1.82) is 0 Å². The first-order valence-electron chi connectivity index (χ1n) is 6.27. The first kappa shape index (κ1) is 12.3. The van der Waals surface area contributed by atoms with E-state index in [-0.39, 0.29) is 18.1 Å². The van der Waals surface area contributed by atoms with Crippen LogP contribution in [0, 0.1) is 16.3 Å². The van der Waals surface area contributed by atoms with Gasteiger partial charge >= 0.3 is 0 Å². The first-order chi connectivity index (χ1) is 9.65. The molecule has 2 atom stereocenters. The number of nitrogens with zero attached hydrogens (tertiary/aromatic N) is 1. The number of anilines is 1. The van der Waals surface area contributed by atoms with E-state index in [1.165, 1.54) is 6.07 Å². The van der Waals surface area contributed by atoms with Crippen molar-refractivity contribution in [2.75, 3.05) is 5.32 Å². The SMILES string of the molecule is Cc1[nH]cnc1/C=C1/c2c(ccc(F)c2I)NC2OC12. The van der Waals surface area contributed by atoms with Gasteiger partial charge in [-0.15, -0.1) is 0 Å². The molecule has 1 aromatic carbocycles. The van der Waals surface area contributed by atoms with Gasteiger partial charge in [0.1, 0.15) is 11.9 Å². The molecular formula is C14H11FIN3O. The summed E-state index contributed by atoms with van der Waals surface area (Å²) in [7, 11) is 0. The van der Waals surface area contributed by atoms with Gasteiger partial charge in [0, 0.05) is 16.9 Å². The Bertz CT molecular complexity index is 740. The van der Waals surface area contributed by atoms with E-state index in [2.05, 4.69) is 15.3 Å². The third-order valence-electron chi connectivity index (χ3n) is 3.64. The lowest BCUT2D eigenvalue weighted by atomic mass is 9.95. The zero-order valence-corrected chi connectivity index (χ0v) is 12.7. The maximum atomic E-state index is 13.9. The Morgan fingerprint density at radius 1 is 1.45 bits per heavy atom. The number of benzene rings is 1. The zero-order valence-electron chi connectivity index (χ0n) is 10.6. The van der Waals surface area contributed by atoms with Crippen molar-refractivity contribution in [2.45, 2.75) is 19.3 Å². The molecule has 4 rings (SSSR count). The van der Waals surface area contributed by atoms with Crippen molar-refractivity contribution < 1.29 is 9.13 Å². The fourth-order valence-electron chi connectivity index (χ4n) is 2.52. The van der Waals surface area contributed by atoms with Crippen molar-refractivity contribution in [1.82, 2.24) is 9.97 Å². The number of H-pyrrole nitrogens is 1. The van der Waals surface area contributed by atoms with Crippen LogP contribution in [0.2, 0.25) is 0 Å². The number of epoxide rings is 1. The highest BCUT2D eigenvalue weighted by molar-refractivity contribution is 14.1. The molecule has 1 aromatic heterocycles. The van der Waals surface area contributed by atoms with E-state index in [0.717, 1.165) is 28.2 Å². The molecule has 4 nitrogen and oxygen atoms in total. The van der Waals surface area contributed by atoms with Crippen molar-refractivity contribution in [3.63, 3.8) is 0 Å². The van der Waals surface area contributed by atoms with Gasteiger partial charge in [-0.25, -0.2) is 9.37 Å². The van der Waals surface area contributed by atoms with E-state index in [4.69, 9.17) is 4.74 Å². The quantitative estimate of drug-likeness (QED) is 0.588. The van der Waals surface area contributed by atoms with Gasteiger partial charge < -0.3 is 15.0 Å². The Hall–Kier alpha value is -1.41. The Labute approximate surface area is 128 Å². The van der Waals surface area contributed by atoms with Crippen LogP contribution in [0.5, 0.6) is 0 Å². The van der Waals surface area contributed by atoms with Crippen molar-refractivity contribution in [3.05, 3.63) is 44.8 Å². The third-order valence-corrected chi connectivity index (χ3v) is 4.70. The molecular weight excluding hydrogens is 372 g/mol. The molecule has 0 aliphatic carbocycles. The van der Waals surface area contributed by atoms with Gasteiger partial charge in [-0.05, 0) is 53.3 Å². The summed E-state index contributed by atoms with van der Waals surface area (Å²) in [5, 5.41) is 3.26. The van der Waals surface area contributed by atoms with E-state index in [1.807, 2.05) is 35.6 Å². The van der Waals surface area contributed by atoms with Gasteiger partial charge in [-0.1, -0.05) is 0 Å². The number of aromatic nitrogens is 2. The predicted octanol–water partition coefficient (Wildman–Crippen LogP) is 3.15. The maximum absolute atomic E-state index is 13.9. The topological polar surface area (TPSA) is 53.2 Å². The van der Waals surface area contributed by atoms with Crippen LogP contribution in [0.4, 0.5) is 10.1 Å². The van der Waals surface area contributed by atoms with Crippen LogP contribution in [0.3, 0.4) is 0 Å². The Morgan fingerprint density at radius 2 is 2.30 bits per heavy atom. The molecule has 2 aliphatic heterocycles.